The number of amidine groups is 1. The molecule has 4 rings (SSSR count). The zero-order chi connectivity index (χ0) is 17.6. The van der Waals surface area contributed by atoms with Crippen molar-refractivity contribution >= 4 is 34.2 Å². The third kappa shape index (κ3) is 3.10. The van der Waals surface area contributed by atoms with Gasteiger partial charge < -0.3 is 15.5 Å². The molecule has 1 amide bonds. The first kappa shape index (κ1) is 19.1. The first-order chi connectivity index (χ1) is 12.0. The van der Waals surface area contributed by atoms with E-state index < -0.39 is 10.0 Å². The maximum atomic E-state index is 13.0. The fourth-order valence-corrected chi connectivity index (χ4v) is 5.23. The molecule has 0 saturated carbocycles. The van der Waals surface area contributed by atoms with Gasteiger partial charge in [0, 0.05) is 25.2 Å². The summed E-state index contributed by atoms with van der Waals surface area (Å²) in [5, 5.41) is 0. The van der Waals surface area contributed by atoms with Gasteiger partial charge in [-0.05, 0) is 43.9 Å². The topological polar surface area (TPSA) is 96.1 Å². The zero-order valence-corrected chi connectivity index (χ0v) is 16.0. The molecule has 0 aromatic heterocycles. The fraction of sp³-hybridized carbons (Fsp3) is 0.529. The molecule has 3 heterocycles. The monoisotopic (exact) mass is 398 g/mol. The van der Waals surface area contributed by atoms with Gasteiger partial charge >= 0.3 is 0 Å². The summed E-state index contributed by atoms with van der Waals surface area (Å²) in [7, 11) is -3.67. The van der Waals surface area contributed by atoms with Crippen LogP contribution in [0.3, 0.4) is 0 Å². The number of carbonyl (C=O) groups excluding carboxylic acids is 1. The van der Waals surface area contributed by atoms with Gasteiger partial charge in [0.1, 0.15) is 10.9 Å². The third-order valence-corrected chi connectivity index (χ3v) is 6.68. The quantitative estimate of drug-likeness (QED) is 0.795. The lowest BCUT2D eigenvalue weighted by molar-refractivity contribution is -0.133. The second-order valence-electron chi connectivity index (χ2n) is 6.91. The molecule has 0 bridgehead atoms. The summed E-state index contributed by atoms with van der Waals surface area (Å²) < 4.78 is 28.6. The minimum atomic E-state index is -3.67. The van der Waals surface area contributed by atoms with Crippen LogP contribution >= 0.6 is 12.4 Å². The molecule has 3 aliphatic rings. The average Bonchev–Trinajstić information content (AvgIpc) is 3.32. The van der Waals surface area contributed by atoms with Gasteiger partial charge in [-0.25, -0.2) is 0 Å². The lowest BCUT2D eigenvalue weighted by atomic mass is 10.1. The fourth-order valence-electron chi connectivity index (χ4n) is 4.01. The summed E-state index contributed by atoms with van der Waals surface area (Å²) in [4.78, 5) is 17.0. The lowest BCUT2D eigenvalue weighted by Gasteiger charge is -2.29. The molecule has 0 spiro atoms. The zero-order valence-electron chi connectivity index (χ0n) is 14.4. The van der Waals surface area contributed by atoms with Gasteiger partial charge in [0.15, 0.2) is 5.84 Å². The first-order valence-corrected chi connectivity index (χ1v) is 10.1. The second-order valence-corrected chi connectivity index (χ2v) is 8.48. The number of benzene rings is 1. The Morgan fingerprint density at radius 3 is 2.73 bits per heavy atom. The van der Waals surface area contributed by atoms with Crippen molar-refractivity contribution in [3.8, 4) is 0 Å². The number of fused-ring (bicyclic) bond motifs is 1. The average molecular weight is 399 g/mol. The van der Waals surface area contributed by atoms with Gasteiger partial charge in [-0.15, -0.1) is 16.8 Å². The maximum absolute atomic E-state index is 13.0. The molecule has 2 atom stereocenters. The highest BCUT2D eigenvalue weighted by atomic mass is 35.5. The number of nitrogens with two attached hydrogens (primary N) is 1. The molecular weight excluding hydrogens is 376 g/mol. The van der Waals surface area contributed by atoms with E-state index in [4.69, 9.17) is 5.73 Å². The number of hydrogen-bond donors (Lipinski definition) is 1. The van der Waals surface area contributed by atoms with E-state index in [1.54, 1.807) is 24.3 Å². The van der Waals surface area contributed by atoms with Crippen LogP contribution in [0.2, 0.25) is 0 Å². The largest absolute Gasteiger partial charge is 0.343 e. The predicted octanol–water partition coefficient (Wildman–Crippen LogP) is 0.829. The van der Waals surface area contributed by atoms with Crippen LogP contribution in [0, 0.1) is 5.92 Å². The van der Waals surface area contributed by atoms with Gasteiger partial charge in [-0.3, -0.25) is 4.79 Å². The summed E-state index contributed by atoms with van der Waals surface area (Å²) in [5.74, 6) is 0.850. The van der Waals surface area contributed by atoms with Crippen molar-refractivity contribution in [2.75, 3.05) is 26.2 Å². The smallest absolute Gasteiger partial charge is 0.285 e. The molecule has 0 aliphatic carbocycles. The highest BCUT2D eigenvalue weighted by Crippen LogP contribution is 2.32. The Balaban J connectivity index is 0.00000196. The number of likely N-dealkylation sites (tertiary alicyclic amines) is 2. The van der Waals surface area contributed by atoms with Crippen molar-refractivity contribution in [2.45, 2.75) is 30.2 Å². The van der Waals surface area contributed by atoms with Gasteiger partial charge in [-0.2, -0.15) is 8.42 Å². The van der Waals surface area contributed by atoms with Gasteiger partial charge in [0.2, 0.25) is 5.91 Å². The molecule has 3 aliphatic heterocycles. The van der Waals surface area contributed by atoms with Crippen LogP contribution in [0.5, 0.6) is 0 Å². The molecule has 2 saturated heterocycles. The standard InChI is InChI=1S/C17H22N4O3S.ClH/c18-10-12-7-9-20(11-12)17(22)14-5-3-8-21(14)16-13-4-1-2-6-15(13)25(23,24)19-16;/h1-2,4,6,12,14H,3,5,7-11,18H2;1H. The maximum Gasteiger partial charge on any atom is 0.285 e. The Hall–Kier alpha value is -1.64. The third-order valence-electron chi connectivity index (χ3n) is 5.35. The van der Waals surface area contributed by atoms with Crippen LogP contribution in [0.25, 0.3) is 0 Å². The van der Waals surface area contributed by atoms with E-state index in [2.05, 4.69) is 4.40 Å². The molecular formula is C17H23ClN4O3S. The molecule has 142 valence electrons. The van der Waals surface area contributed by atoms with E-state index in [1.165, 1.54) is 0 Å². The molecule has 0 radical (unpaired) electrons. The molecule has 2 fully saturated rings. The predicted molar refractivity (Wildman–Crippen MR) is 101 cm³/mol. The molecule has 26 heavy (non-hydrogen) atoms. The lowest BCUT2D eigenvalue weighted by Crippen LogP contribution is -2.47. The number of rotatable bonds is 2. The summed E-state index contributed by atoms with van der Waals surface area (Å²) in [6.07, 6.45) is 2.52. The first-order valence-electron chi connectivity index (χ1n) is 8.71. The molecule has 2 N–H and O–H groups in total. The summed E-state index contributed by atoms with van der Waals surface area (Å²) in [5.41, 5.74) is 6.33. The summed E-state index contributed by atoms with van der Waals surface area (Å²) >= 11 is 0. The van der Waals surface area contributed by atoms with Crippen molar-refractivity contribution < 1.29 is 13.2 Å². The Morgan fingerprint density at radius 2 is 2.00 bits per heavy atom. The van der Waals surface area contributed by atoms with Gasteiger partial charge in [-0.1, -0.05) is 12.1 Å². The number of halogens is 1. The van der Waals surface area contributed by atoms with Gasteiger partial charge in [0.05, 0.1) is 0 Å². The van der Waals surface area contributed by atoms with Crippen molar-refractivity contribution in [3.05, 3.63) is 29.8 Å². The SMILES string of the molecule is Cl.NCC1CCN(C(=O)C2CCCN2C2=NS(=O)(=O)c3ccccc32)C1. The second kappa shape index (κ2) is 7.17. The minimum absolute atomic E-state index is 0. The van der Waals surface area contributed by atoms with Crippen LogP contribution < -0.4 is 5.73 Å². The summed E-state index contributed by atoms with van der Waals surface area (Å²) in [6, 6.07) is 6.49. The van der Waals surface area contributed by atoms with E-state index in [9.17, 15) is 13.2 Å². The molecule has 1 aromatic rings. The molecule has 9 heteroatoms. The molecule has 7 nitrogen and oxygen atoms in total. The van der Waals surface area contributed by atoms with Crippen molar-refractivity contribution in [3.63, 3.8) is 0 Å². The normalized spacial score (nSPS) is 26.4. The minimum Gasteiger partial charge on any atom is -0.343 e. The number of sulfonamides is 1. The molecule has 1 aromatic carbocycles. The molecule has 2 unspecified atom stereocenters. The number of amides is 1. The van der Waals surface area contributed by atoms with Crippen molar-refractivity contribution in [1.29, 1.82) is 0 Å². The summed E-state index contributed by atoms with van der Waals surface area (Å²) in [6.45, 7) is 2.66. The Bertz CT molecular complexity index is 842. The highest BCUT2D eigenvalue weighted by molar-refractivity contribution is 7.90. The number of hydrogen-bond acceptors (Lipinski definition) is 5. The van der Waals surface area contributed by atoms with Crippen LogP contribution in [0.4, 0.5) is 0 Å². The van der Waals surface area contributed by atoms with Crippen molar-refractivity contribution in [1.82, 2.24) is 9.80 Å². The van der Waals surface area contributed by atoms with Crippen LogP contribution in [0.1, 0.15) is 24.8 Å². The Labute approximate surface area is 159 Å². The van der Waals surface area contributed by atoms with E-state index in [0.717, 1.165) is 25.8 Å². The van der Waals surface area contributed by atoms with E-state index in [-0.39, 0.29) is 29.3 Å². The Kier molecular flexibility index (Phi) is 5.28. The number of nitrogens with zero attached hydrogens (tertiary/aromatic N) is 3. The number of carbonyl (C=O) groups is 1. The van der Waals surface area contributed by atoms with Crippen LogP contribution in [-0.4, -0.2) is 62.2 Å². The van der Waals surface area contributed by atoms with Crippen molar-refractivity contribution in [2.24, 2.45) is 16.0 Å². The van der Waals surface area contributed by atoms with E-state index in [1.807, 2.05) is 9.80 Å². The highest BCUT2D eigenvalue weighted by Gasteiger charge is 2.41. The van der Waals surface area contributed by atoms with Gasteiger partial charge in [0.25, 0.3) is 10.0 Å². The Morgan fingerprint density at radius 1 is 1.23 bits per heavy atom. The van der Waals surface area contributed by atoms with Crippen LogP contribution in [0.15, 0.2) is 33.6 Å². The van der Waals surface area contributed by atoms with E-state index in [0.29, 0.717) is 37.0 Å². The van der Waals surface area contributed by atoms with E-state index >= 15 is 0 Å². The van der Waals surface area contributed by atoms with Crippen LogP contribution in [-0.2, 0) is 14.8 Å².